The lowest BCUT2D eigenvalue weighted by Crippen LogP contribution is -2.03. The molecule has 0 bridgehead atoms. The highest BCUT2D eigenvalue weighted by molar-refractivity contribution is 7.86. The molecule has 4 aromatic rings. The SMILES string of the molecule is O=S(=O)(O)c1ccc(CCCCP(CCCCc2ccc(S(=O)(=O)O)cc2)CCCP(CCCCc2ccc(S(=O)(=O)O)cc2)CCCCc2ccc(S(=O)(=O)O)cc2)cc1. The molecule has 0 saturated carbocycles. The number of hydrogen-bond donors (Lipinski definition) is 4. The van der Waals surface area contributed by atoms with Crippen LogP contribution in [0, 0.1) is 0 Å². The zero-order valence-electron chi connectivity index (χ0n) is 34.3. The Labute approximate surface area is 365 Å². The molecule has 336 valence electrons. The van der Waals surface area contributed by atoms with E-state index in [-0.39, 0.29) is 35.4 Å². The molecule has 0 spiro atoms. The highest BCUT2D eigenvalue weighted by atomic mass is 32.2. The summed E-state index contributed by atoms with van der Waals surface area (Å²) in [5, 5.41) is 0. The molecular weight excluding hydrogens is 899 g/mol. The van der Waals surface area contributed by atoms with Gasteiger partial charge in [-0.25, -0.2) is 0 Å². The lowest BCUT2D eigenvalue weighted by molar-refractivity contribution is 0.481. The largest absolute Gasteiger partial charge is 0.294 e. The van der Waals surface area contributed by atoms with Crippen LogP contribution in [0.15, 0.2) is 117 Å². The van der Waals surface area contributed by atoms with Crippen molar-refractivity contribution in [1.29, 1.82) is 0 Å². The van der Waals surface area contributed by atoms with Crippen LogP contribution in [0.1, 0.15) is 80.0 Å². The monoisotopic (exact) mass is 956 g/mol. The maximum atomic E-state index is 11.4. The van der Waals surface area contributed by atoms with Gasteiger partial charge in [0.15, 0.2) is 0 Å². The molecule has 61 heavy (non-hydrogen) atoms. The molecule has 0 aliphatic heterocycles. The van der Waals surface area contributed by atoms with Crippen LogP contribution in [0.5, 0.6) is 0 Å². The van der Waals surface area contributed by atoms with Crippen LogP contribution in [-0.2, 0) is 66.2 Å². The van der Waals surface area contributed by atoms with E-state index >= 15 is 0 Å². The second-order valence-electron chi connectivity index (χ2n) is 15.3. The summed E-state index contributed by atoms with van der Waals surface area (Å²) < 4.78 is 129. The molecule has 0 saturated heterocycles. The summed E-state index contributed by atoms with van der Waals surface area (Å²) in [5.74, 6) is 0. The lowest BCUT2D eigenvalue weighted by Gasteiger charge is -2.22. The molecule has 0 aromatic heterocycles. The van der Waals surface area contributed by atoms with Gasteiger partial charge in [0.2, 0.25) is 0 Å². The molecule has 4 N–H and O–H groups in total. The first-order valence-corrected chi connectivity index (χ1v) is 30.0. The number of aryl methyl sites for hydroxylation is 4. The Kier molecular flexibility index (Phi) is 20.4. The molecule has 0 amide bonds. The Morgan fingerprint density at radius 2 is 0.459 bits per heavy atom. The molecule has 0 aliphatic carbocycles. The quantitative estimate of drug-likeness (QED) is 0.0238. The fraction of sp³-hybridized carbons (Fsp3) is 0.442. The molecule has 0 heterocycles. The number of hydrogen-bond acceptors (Lipinski definition) is 8. The van der Waals surface area contributed by atoms with Crippen molar-refractivity contribution >= 4 is 56.3 Å². The first-order valence-electron chi connectivity index (χ1n) is 20.5. The third kappa shape index (κ3) is 19.3. The minimum atomic E-state index is -4.23. The molecule has 4 rings (SSSR count). The van der Waals surface area contributed by atoms with Crippen LogP contribution in [0.3, 0.4) is 0 Å². The van der Waals surface area contributed by atoms with Gasteiger partial charge >= 0.3 is 0 Å². The van der Waals surface area contributed by atoms with E-state index in [4.69, 9.17) is 0 Å². The highest BCUT2D eigenvalue weighted by Gasteiger charge is 2.15. The van der Waals surface area contributed by atoms with Crippen LogP contribution in [0.25, 0.3) is 0 Å². The summed E-state index contributed by atoms with van der Waals surface area (Å²) in [6.45, 7) is 0. The van der Waals surface area contributed by atoms with Gasteiger partial charge in [0.25, 0.3) is 40.5 Å². The van der Waals surface area contributed by atoms with Crippen molar-refractivity contribution in [1.82, 2.24) is 0 Å². The van der Waals surface area contributed by atoms with E-state index in [1.54, 1.807) is 48.5 Å². The van der Waals surface area contributed by atoms with Gasteiger partial charge in [-0.3, -0.25) is 18.2 Å². The molecule has 18 heteroatoms. The second kappa shape index (κ2) is 24.4. The fourth-order valence-corrected chi connectivity index (χ4v) is 14.6. The third-order valence-electron chi connectivity index (χ3n) is 10.6. The van der Waals surface area contributed by atoms with Gasteiger partial charge < -0.3 is 0 Å². The molecule has 4 aromatic carbocycles. The summed E-state index contributed by atoms with van der Waals surface area (Å²) in [5.41, 5.74) is 4.08. The van der Waals surface area contributed by atoms with Gasteiger partial charge in [-0.05, 0) is 191 Å². The zero-order valence-corrected chi connectivity index (χ0v) is 39.3. The molecule has 0 aliphatic rings. The number of unbranched alkanes of at least 4 members (excludes halogenated alkanes) is 4. The van der Waals surface area contributed by atoms with Crippen molar-refractivity contribution in [3.05, 3.63) is 119 Å². The first kappa shape index (κ1) is 51.0. The van der Waals surface area contributed by atoms with E-state index in [2.05, 4.69) is 0 Å². The Balaban J connectivity index is 1.32. The van der Waals surface area contributed by atoms with Crippen LogP contribution < -0.4 is 0 Å². The van der Waals surface area contributed by atoms with E-state index < -0.39 is 40.5 Å². The zero-order chi connectivity index (χ0) is 44.5. The third-order valence-corrected chi connectivity index (χ3v) is 19.8. The molecule has 0 radical (unpaired) electrons. The van der Waals surface area contributed by atoms with Gasteiger partial charge in [-0.15, -0.1) is 15.8 Å². The number of rotatable bonds is 28. The maximum absolute atomic E-state index is 11.4. The average Bonchev–Trinajstić information content (AvgIpc) is 3.20. The standard InChI is InChI=1S/C43H58O12P2S4/c44-58(45,46)40-22-14-36(15-23-40)10-1-5-30-56(31-6-2-11-37-16-24-41(25-17-37)59(47,48)49)34-9-35-57(32-7-3-12-38-18-26-42(27-19-38)60(50,51)52)33-8-4-13-39-20-28-43(29-21-39)61(53,54)55/h14-29H,1-13,30-35H2,(H,44,45,46)(H,47,48,49)(H,50,51,52)(H,53,54,55). The molecule has 0 unspecified atom stereocenters. The summed E-state index contributed by atoms with van der Waals surface area (Å²) in [7, 11) is -17.4. The summed E-state index contributed by atoms with van der Waals surface area (Å²) in [6.07, 6.45) is 19.3. The van der Waals surface area contributed by atoms with E-state index in [0.29, 0.717) is 0 Å². The van der Waals surface area contributed by atoms with Crippen LogP contribution in [0.2, 0.25) is 0 Å². The van der Waals surface area contributed by atoms with Gasteiger partial charge in [0.05, 0.1) is 19.6 Å². The van der Waals surface area contributed by atoms with Crippen LogP contribution in [-0.4, -0.2) is 88.9 Å². The van der Waals surface area contributed by atoms with Crippen LogP contribution in [0.4, 0.5) is 0 Å². The molecule has 0 atom stereocenters. The Hall–Kier alpha value is -2.62. The van der Waals surface area contributed by atoms with E-state index in [0.717, 1.165) is 130 Å². The van der Waals surface area contributed by atoms with Crippen molar-refractivity contribution in [2.75, 3.05) is 37.0 Å². The van der Waals surface area contributed by atoms with Crippen LogP contribution >= 0.6 is 15.8 Å². The fourth-order valence-electron chi connectivity index (χ4n) is 7.16. The van der Waals surface area contributed by atoms with Gasteiger partial charge in [-0.1, -0.05) is 48.5 Å². The summed E-state index contributed by atoms with van der Waals surface area (Å²) in [4.78, 5) is -0.462. The topological polar surface area (TPSA) is 217 Å². The second-order valence-corrected chi connectivity index (χ2v) is 26.4. The van der Waals surface area contributed by atoms with Crippen molar-refractivity contribution in [2.45, 2.75) is 103 Å². The van der Waals surface area contributed by atoms with E-state index in [1.807, 2.05) is 0 Å². The van der Waals surface area contributed by atoms with Crippen molar-refractivity contribution in [3.63, 3.8) is 0 Å². The van der Waals surface area contributed by atoms with Crippen molar-refractivity contribution in [3.8, 4) is 0 Å². The van der Waals surface area contributed by atoms with Crippen molar-refractivity contribution in [2.24, 2.45) is 0 Å². The van der Waals surface area contributed by atoms with Gasteiger partial charge in [-0.2, -0.15) is 33.7 Å². The van der Waals surface area contributed by atoms with E-state index in [1.165, 1.54) is 60.9 Å². The Morgan fingerprint density at radius 1 is 0.279 bits per heavy atom. The normalized spacial score (nSPS) is 12.7. The molecular formula is C43H58O12P2S4. The van der Waals surface area contributed by atoms with E-state index in [9.17, 15) is 51.9 Å². The van der Waals surface area contributed by atoms with Gasteiger partial charge in [0, 0.05) is 0 Å². The minimum Gasteiger partial charge on any atom is -0.282 e. The minimum absolute atomic E-state index is 0.116. The first-order chi connectivity index (χ1) is 28.8. The Morgan fingerprint density at radius 3 is 0.639 bits per heavy atom. The predicted molar refractivity (Wildman–Crippen MR) is 244 cm³/mol. The molecule has 0 fully saturated rings. The lowest BCUT2D eigenvalue weighted by atomic mass is 10.1. The van der Waals surface area contributed by atoms with Gasteiger partial charge in [0.1, 0.15) is 0 Å². The van der Waals surface area contributed by atoms with Crippen molar-refractivity contribution < 1.29 is 51.9 Å². The molecule has 12 nitrogen and oxygen atoms in total. The summed E-state index contributed by atoms with van der Waals surface area (Å²) >= 11 is 0. The average molecular weight is 957 g/mol. The maximum Gasteiger partial charge on any atom is 0.294 e. The smallest absolute Gasteiger partial charge is 0.282 e. The Bertz CT molecular complexity index is 2050. The predicted octanol–water partition coefficient (Wildman–Crippen LogP) is 9.42. The number of benzene rings is 4. The highest BCUT2D eigenvalue weighted by Crippen LogP contribution is 2.43. The summed E-state index contributed by atoms with van der Waals surface area (Å²) in [6, 6.07) is 25.4.